The Morgan fingerprint density at radius 2 is 1.94 bits per heavy atom. The van der Waals surface area contributed by atoms with Crippen molar-refractivity contribution >= 4 is 16.9 Å². The summed E-state index contributed by atoms with van der Waals surface area (Å²) in [5.41, 5.74) is -1.44. The van der Waals surface area contributed by atoms with Crippen molar-refractivity contribution in [2.45, 2.75) is 88.9 Å². The molecular weight excluding hydrogens is 424 g/mol. The Balaban J connectivity index is 1.53. The zero-order chi connectivity index (χ0) is 23.4. The van der Waals surface area contributed by atoms with Crippen LogP contribution < -0.4 is 10.9 Å². The lowest BCUT2D eigenvalue weighted by Gasteiger charge is -2.60. The fourth-order valence-electron chi connectivity index (χ4n) is 7.07. The number of rotatable bonds is 8. The molecule has 4 bridgehead atoms. The third kappa shape index (κ3) is 3.85. The Hall–Kier alpha value is -2.39. The van der Waals surface area contributed by atoms with E-state index in [1.807, 2.05) is 0 Å². The van der Waals surface area contributed by atoms with Gasteiger partial charge in [0, 0.05) is 18.3 Å². The topological polar surface area (TPSA) is 130 Å². The van der Waals surface area contributed by atoms with Crippen molar-refractivity contribution in [1.82, 2.24) is 19.7 Å². The summed E-state index contributed by atoms with van der Waals surface area (Å²) < 4.78 is 3.00. The molecule has 6 rings (SSSR count). The van der Waals surface area contributed by atoms with Crippen molar-refractivity contribution in [3.8, 4) is 5.75 Å². The van der Waals surface area contributed by atoms with E-state index in [0.717, 1.165) is 51.4 Å². The van der Waals surface area contributed by atoms with Crippen molar-refractivity contribution in [1.29, 1.82) is 0 Å². The number of nitrogens with zero attached hydrogens (tertiary/aromatic N) is 3. The maximum absolute atomic E-state index is 13.5. The van der Waals surface area contributed by atoms with Crippen LogP contribution >= 0.6 is 0 Å². The van der Waals surface area contributed by atoms with Crippen molar-refractivity contribution in [2.24, 2.45) is 11.8 Å². The Morgan fingerprint density at radius 3 is 2.58 bits per heavy atom. The third-order valence-electron chi connectivity index (χ3n) is 7.90. The molecule has 0 radical (unpaired) electrons. The van der Waals surface area contributed by atoms with Gasteiger partial charge in [0.15, 0.2) is 11.3 Å². The van der Waals surface area contributed by atoms with Gasteiger partial charge in [0.05, 0.1) is 24.3 Å². The third-order valence-corrected chi connectivity index (χ3v) is 7.90. The van der Waals surface area contributed by atoms with E-state index in [1.54, 1.807) is 6.20 Å². The van der Waals surface area contributed by atoms with Gasteiger partial charge in [-0.1, -0.05) is 19.8 Å². The fourth-order valence-corrected chi connectivity index (χ4v) is 7.07. The van der Waals surface area contributed by atoms with Gasteiger partial charge < -0.3 is 25.2 Å². The number of unbranched alkanes of at least 4 members (excludes halogenated alkanes) is 2. The van der Waals surface area contributed by atoms with E-state index < -0.39 is 28.4 Å². The minimum Gasteiger partial charge on any atom is -0.505 e. The molecule has 2 unspecified atom stereocenters. The second-order valence-electron chi connectivity index (χ2n) is 10.7. The number of hydrogen-bond donors (Lipinski definition) is 4. The second kappa shape index (κ2) is 8.13. The molecule has 0 saturated heterocycles. The number of nitrogens with one attached hydrogen (secondary N) is 1. The van der Waals surface area contributed by atoms with E-state index >= 15 is 0 Å². The van der Waals surface area contributed by atoms with E-state index in [4.69, 9.17) is 0 Å². The number of amides is 1. The normalized spacial score (nSPS) is 30.3. The minimum atomic E-state index is -0.743. The van der Waals surface area contributed by atoms with Gasteiger partial charge in [-0.3, -0.25) is 14.3 Å². The smallest absolute Gasteiger partial charge is 0.267 e. The van der Waals surface area contributed by atoms with Crippen LogP contribution in [-0.4, -0.2) is 53.3 Å². The highest BCUT2D eigenvalue weighted by atomic mass is 16.3. The van der Waals surface area contributed by atoms with Gasteiger partial charge in [-0.25, -0.2) is 0 Å². The molecule has 0 spiro atoms. The molecule has 4 fully saturated rings. The summed E-state index contributed by atoms with van der Waals surface area (Å²) in [6.07, 6.45) is 9.08. The van der Waals surface area contributed by atoms with E-state index in [2.05, 4.69) is 17.3 Å². The summed E-state index contributed by atoms with van der Waals surface area (Å²) in [5.74, 6) is -0.245. The van der Waals surface area contributed by atoms with Crippen LogP contribution in [0.25, 0.3) is 11.0 Å². The first-order chi connectivity index (χ1) is 15.8. The number of aromatic hydroxyl groups is 1. The number of pyridine rings is 1. The zero-order valence-electron chi connectivity index (χ0n) is 19.2. The average Bonchev–Trinajstić information content (AvgIpc) is 3.12. The molecule has 33 heavy (non-hydrogen) atoms. The number of hydrogen-bond acceptors (Lipinski definition) is 6. The van der Waals surface area contributed by atoms with Gasteiger partial charge in [-0.2, -0.15) is 5.10 Å². The van der Waals surface area contributed by atoms with Crippen LogP contribution in [0.15, 0.2) is 11.0 Å². The monoisotopic (exact) mass is 458 g/mol. The highest BCUT2D eigenvalue weighted by Crippen LogP contribution is 2.57. The largest absolute Gasteiger partial charge is 0.505 e. The molecule has 9 nitrogen and oxygen atoms in total. The number of aryl methyl sites for hydroxylation is 1. The van der Waals surface area contributed by atoms with Crippen LogP contribution in [0.4, 0.5) is 0 Å². The lowest BCUT2D eigenvalue weighted by Crippen LogP contribution is -2.65. The highest BCUT2D eigenvalue weighted by molar-refractivity contribution is 6.01. The molecule has 2 heterocycles. The molecule has 0 aliphatic heterocycles. The Labute approximate surface area is 192 Å². The lowest BCUT2D eigenvalue weighted by molar-refractivity contribution is -0.139. The molecule has 9 heteroatoms. The average molecular weight is 459 g/mol. The first-order valence-electron chi connectivity index (χ1n) is 12.2. The first-order valence-corrected chi connectivity index (χ1v) is 12.2. The summed E-state index contributed by atoms with van der Waals surface area (Å²) in [4.78, 5) is 27.0. The minimum absolute atomic E-state index is 0.129. The van der Waals surface area contributed by atoms with Gasteiger partial charge >= 0.3 is 0 Å². The van der Waals surface area contributed by atoms with Crippen molar-refractivity contribution in [3.63, 3.8) is 0 Å². The zero-order valence-corrected chi connectivity index (χ0v) is 19.2. The molecule has 4 saturated carbocycles. The maximum Gasteiger partial charge on any atom is 0.267 e. The molecular formula is C24H34N4O5. The van der Waals surface area contributed by atoms with Crippen LogP contribution in [0.2, 0.25) is 0 Å². The van der Waals surface area contributed by atoms with Crippen molar-refractivity contribution in [3.05, 3.63) is 22.1 Å². The molecule has 180 valence electrons. The molecule has 2 aromatic rings. The SMILES string of the molecule is CCCCCn1c(=O)c(C(=O)NC23CC4CC(CC(O)(C4)C2)C3)c(O)c2nn(CCO)cc21. The van der Waals surface area contributed by atoms with Gasteiger partial charge in [-0.15, -0.1) is 0 Å². The molecule has 4 aliphatic carbocycles. The summed E-state index contributed by atoms with van der Waals surface area (Å²) in [6.45, 7) is 2.59. The second-order valence-corrected chi connectivity index (χ2v) is 10.7. The van der Waals surface area contributed by atoms with Gasteiger partial charge in [0.1, 0.15) is 5.56 Å². The molecule has 4 aliphatic rings. The van der Waals surface area contributed by atoms with E-state index in [1.165, 1.54) is 9.25 Å². The number of aliphatic hydroxyl groups excluding tert-OH is 1. The van der Waals surface area contributed by atoms with Crippen LogP contribution in [-0.2, 0) is 13.1 Å². The van der Waals surface area contributed by atoms with E-state index in [-0.39, 0.29) is 24.2 Å². The summed E-state index contributed by atoms with van der Waals surface area (Å²) in [6, 6.07) is 0. The number of aromatic nitrogens is 3. The summed E-state index contributed by atoms with van der Waals surface area (Å²) in [5, 5.41) is 38.7. The van der Waals surface area contributed by atoms with Gasteiger partial charge in [0.2, 0.25) is 0 Å². The predicted molar refractivity (Wildman–Crippen MR) is 122 cm³/mol. The standard InChI is InChI=1S/C24H34N4O5/c1-2-3-4-5-28-17-13-27(6-7-29)26-19(17)20(30)18(22(28)32)21(31)25-23-9-15-8-16(10-23)12-24(33,11-15)14-23/h13,15-16,29-30,33H,2-12,14H2,1H3,(H,25,31). The molecule has 4 N–H and O–H groups in total. The van der Waals surface area contributed by atoms with Crippen LogP contribution in [0.1, 0.15) is 75.1 Å². The predicted octanol–water partition coefficient (Wildman–Crippen LogP) is 1.90. The Bertz CT molecular complexity index is 1120. The highest BCUT2D eigenvalue weighted by Gasteiger charge is 2.57. The van der Waals surface area contributed by atoms with Crippen LogP contribution in [0.3, 0.4) is 0 Å². The molecule has 2 aromatic heterocycles. The molecule has 1 amide bonds. The summed E-state index contributed by atoms with van der Waals surface area (Å²) >= 11 is 0. The van der Waals surface area contributed by atoms with Gasteiger partial charge in [-0.05, 0) is 56.8 Å². The van der Waals surface area contributed by atoms with Crippen LogP contribution in [0, 0.1) is 11.8 Å². The number of aliphatic hydroxyl groups is 2. The first kappa shape index (κ1) is 22.4. The number of carbonyl (C=O) groups excluding carboxylic acids is 1. The number of carbonyl (C=O) groups is 1. The Morgan fingerprint density at radius 1 is 1.21 bits per heavy atom. The van der Waals surface area contributed by atoms with E-state index in [9.17, 15) is 24.9 Å². The number of fused-ring (bicyclic) bond motifs is 1. The Kier molecular flexibility index (Phi) is 5.52. The van der Waals surface area contributed by atoms with E-state index in [0.29, 0.717) is 30.3 Å². The van der Waals surface area contributed by atoms with Gasteiger partial charge in [0.25, 0.3) is 11.5 Å². The molecule has 2 atom stereocenters. The maximum atomic E-state index is 13.5. The molecule has 0 aromatic carbocycles. The van der Waals surface area contributed by atoms with Crippen LogP contribution in [0.5, 0.6) is 5.75 Å². The fraction of sp³-hybridized carbons (Fsp3) is 0.708. The van der Waals surface area contributed by atoms with Crippen molar-refractivity contribution in [2.75, 3.05) is 6.61 Å². The van der Waals surface area contributed by atoms with Crippen molar-refractivity contribution < 1.29 is 20.1 Å². The summed E-state index contributed by atoms with van der Waals surface area (Å²) in [7, 11) is 0. The quantitative estimate of drug-likeness (QED) is 0.447. The lowest BCUT2D eigenvalue weighted by atomic mass is 9.51.